The van der Waals surface area contributed by atoms with Crippen LogP contribution in [0.1, 0.15) is 24.7 Å². The van der Waals surface area contributed by atoms with Gasteiger partial charge in [-0.1, -0.05) is 0 Å². The molecule has 0 saturated carbocycles. The summed E-state index contributed by atoms with van der Waals surface area (Å²) in [6.45, 7) is 2.02. The number of imidazole rings is 1. The van der Waals surface area contributed by atoms with Crippen LogP contribution in [0.4, 0.5) is 0 Å². The number of amides is 2. The summed E-state index contributed by atoms with van der Waals surface area (Å²) in [5.74, 6) is 0.824. The number of likely N-dealkylation sites (N-methyl/N-ethyl adjacent to an activating group) is 1. The van der Waals surface area contributed by atoms with Gasteiger partial charge in [-0.15, -0.1) is 0 Å². The first-order valence-corrected chi connectivity index (χ1v) is 7.78. The monoisotopic (exact) mass is 318 g/mol. The van der Waals surface area contributed by atoms with Crippen LogP contribution in [0.3, 0.4) is 0 Å². The maximum atomic E-state index is 12.7. The number of hydrazone groups is 1. The van der Waals surface area contributed by atoms with Crippen molar-refractivity contribution in [2.75, 3.05) is 33.7 Å². The van der Waals surface area contributed by atoms with Crippen molar-refractivity contribution in [2.24, 2.45) is 12.1 Å². The SMILES string of the molecule is CN1N=C(C(=O)N2CCN(C)[C@H](c3nccn3C)C2)CCC1=O. The predicted octanol–water partition coefficient (Wildman–Crippen LogP) is -0.157. The maximum absolute atomic E-state index is 12.7. The molecule has 2 aliphatic heterocycles. The molecular formula is C15H22N6O2. The fourth-order valence-electron chi connectivity index (χ4n) is 3.04. The van der Waals surface area contributed by atoms with Crippen LogP contribution in [0.5, 0.6) is 0 Å². The largest absolute Gasteiger partial charge is 0.337 e. The molecule has 0 N–H and O–H groups in total. The lowest BCUT2D eigenvalue weighted by Crippen LogP contribution is -2.52. The molecule has 1 fully saturated rings. The van der Waals surface area contributed by atoms with Gasteiger partial charge in [-0.05, 0) is 7.05 Å². The fraction of sp³-hybridized carbons (Fsp3) is 0.600. The molecule has 0 bridgehead atoms. The molecule has 0 aromatic carbocycles. The minimum atomic E-state index is -0.0725. The van der Waals surface area contributed by atoms with E-state index in [9.17, 15) is 9.59 Å². The van der Waals surface area contributed by atoms with Gasteiger partial charge in [0.05, 0.1) is 6.04 Å². The summed E-state index contributed by atoms with van der Waals surface area (Å²) in [4.78, 5) is 32.7. The van der Waals surface area contributed by atoms with Gasteiger partial charge in [0.15, 0.2) is 0 Å². The number of nitrogens with zero attached hydrogens (tertiary/aromatic N) is 6. The van der Waals surface area contributed by atoms with Gasteiger partial charge in [0, 0.05) is 59.0 Å². The summed E-state index contributed by atoms with van der Waals surface area (Å²) in [6.07, 6.45) is 4.45. The molecule has 8 heteroatoms. The van der Waals surface area contributed by atoms with Crippen LogP contribution in [0, 0.1) is 0 Å². The van der Waals surface area contributed by atoms with Gasteiger partial charge in [-0.2, -0.15) is 5.10 Å². The molecule has 1 aromatic heterocycles. The standard InChI is InChI=1S/C15H22N6O2/c1-18-8-9-21(10-12(18)14-16-6-7-19(14)2)15(23)11-4-5-13(22)20(3)17-11/h6-7,12H,4-5,8-10H2,1-3H3/t12-/m0/s1. The Morgan fingerprint density at radius 2 is 2.00 bits per heavy atom. The third-order valence-corrected chi connectivity index (χ3v) is 4.55. The molecule has 0 unspecified atom stereocenters. The number of aromatic nitrogens is 2. The first kappa shape index (κ1) is 15.7. The van der Waals surface area contributed by atoms with E-state index in [2.05, 4.69) is 15.0 Å². The molecular weight excluding hydrogens is 296 g/mol. The normalized spacial score (nSPS) is 23.2. The summed E-state index contributed by atoms with van der Waals surface area (Å²) in [7, 11) is 5.60. The second-order valence-electron chi connectivity index (χ2n) is 6.11. The van der Waals surface area contributed by atoms with Crippen molar-refractivity contribution in [3.8, 4) is 0 Å². The van der Waals surface area contributed by atoms with Crippen LogP contribution in [-0.2, 0) is 16.6 Å². The number of carbonyl (C=O) groups is 2. The van der Waals surface area contributed by atoms with E-state index in [1.807, 2.05) is 29.8 Å². The highest BCUT2D eigenvalue weighted by Gasteiger charge is 2.33. The van der Waals surface area contributed by atoms with Crippen molar-refractivity contribution in [1.29, 1.82) is 0 Å². The predicted molar refractivity (Wildman–Crippen MR) is 84.6 cm³/mol. The molecule has 3 rings (SSSR count). The van der Waals surface area contributed by atoms with E-state index in [1.165, 1.54) is 5.01 Å². The van der Waals surface area contributed by atoms with Crippen molar-refractivity contribution in [3.63, 3.8) is 0 Å². The highest BCUT2D eigenvalue weighted by molar-refractivity contribution is 6.39. The second kappa shape index (κ2) is 6.11. The molecule has 1 saturated heterocycles. The number of carbonyl (C=O) groups excluding carboxylic acids is 2. The number of piperazine rings is 1. The van der Waals surface area contributed by atoms with E-state index in [4.69, 9.17) is 0 Å². The van der Waals surface area contributed by atoms with Gasteiger partial charge in [0.25, 0.3) is 5.91 Å². The molecule has 1 atom stereocenters. The van der Waals surface area contributed by atoms with E-state index in [0.29, 0.717) is 31.6 Å². The zero-order chi connectivity index (χ0) is 16.6. The first-order valence-electron chi connectivity index (χ1n) is 7.78. The summed E-state index contributed by atoms with van der Waals surface area (Å²) in [5, 5.41) is 5.40. The Morgan fingerprint density at radius 3 is 2.65 bits per heavy atom. The lowest BCUT2D eigenvalue weighted by Gasteiger charge is -2.39. The molecule has 8 nitrogen and oxygen atoms in total. The Hall–Kier alpha value is -2.22. The molecule has 0 spiro atoms. The summed E-state index contributed by atoms with van der Waals surface area (Å²) < 4.78 is 1.99. The number of aryl methyl sites for hydroxylation is 1. The molecule has 23 heavy (non-hydrogen) atoms. The topological polar surface area (TPSA) is 74.0 Å². The molecule has 124 valence electrons. The quantitative estimate of drug-likeness (QED) is 0.760. The third kappa shape index (κ3) is 2.98. The van der Waals surface area contributed by atoms with Crippen LogP contribution >= 0.6 is 0 Å². The van der Waals surface area contributed by atoms with Gasteiger partial charge in [0.2, 0.25) is 5.91 Å². The highest BCUT2D eigenvalue weighted by atomic mass is 16.2. The first-order chi connectivity index (χ1) is 11.0. The third-order valence-electron chi connectivity index (χ3n) is 4.55. The summed E-state index contributed by atoms with van der Waals surface area (Å²) in [6, 6.07) is 0.0660. The Kier molecular flexibility index (Phi) is 4.16. The Labute approximate surface area is 135 Å². The Morgan fingerprint density at radius 1 is 1.22 bits per heavy atom. The van der Waals surface area contributed by atoms with Crippen LogP contribution < -0.4 is 0 Å². The zero-order valence-corrected chi connectivity index (χ0v) is 13.8. The smallest absolute Gasteiger partial charge is 0.270 e. The van der Waals surface area contributed by atoms with Gasteiger partial charge in [-0.3, -0.25) is 14.5 Å². The van der Waals surface area contributed by atoms with Crippen molar-refractivity contribution in [1.82, 2.24) is 24.4 Å². The van der Waals surface area contributed by atoms with Gasteiger partial charge >= 0.3 is 0 Å². The molecule has 2 amide bonds. The van der Waals surface area contributed by atoms with Crippen molar-refractivity contribution >= 4 is 17.5 Å². The highest BCUT2D eigenvalue weighted by Crippen LogP contribution is 2.23. The van der Waals surface area contributed by atoms with Crippen molar-refractivity contribution in [3.05, 3.63) is 18.2 Å². The van der Waals surface area contributed by atoms with E-state index in [1.54, 1.807) is 13.2 Å². The van der Waals surface area contributed by atoms with E-state index < -0.39 is 0 Å². The Balaban J connectivity index is 1.76. The maximum Gasteiger partial charge on any atom is 0.270 e. The van der Waals surface area contributed by atoms with Crippen LogP contribution in [0.15, 0.2) is 17.5 Å². The molecule has 0 radical (unpaired) electrons. The lowest BCUT2D eigenvalue weighted by molar-refractivity contribution is -0.131. The van der Waals surface area contributed by atoms with Crippen LogP contribution in [0.2, 0.25) is 0 Å². The van der Waals surface area contributed by atoms with Gasteiger partial charge in [0.1, 0.15) is 11.5 Å². The minimum absolute atomic E-state index is 0.0502. The summed E-state index contributed by atoms with van der Waals surface area (Å²) >= 11 is 0. The van der Waals surface area contributed by atoms with Gasteiger partial charge < -0.3 is 9.47 Å². The molecule has 3 heterocycles. The number of rotatable bonds is 2. The molecule has 2 aliphatic rings. The second-order valence-corrected chi connectivity index (χ2v) is 6.11. The van der Waals surface area contributed by atoms with Crippen LogP contribution in [-0.4, -0.2) is 75.6 Å². The van der Waals surface area contributed by atoms with Crippen molar-refractivity contribution < 1.29 is 9.59 Å². The average molecular weight is 318 g/mol. The lowest BCUT2D eigenvalue weighted by atomic mass is 10.1. The number of hydrogen-bond acceptors (Lipinski definition) is 5. The minimum Gasteiger partial charge on any atom is -0.337 e. The summed E-state index contributed by atoms with van der Waals surface area (Å²) in [5.41, 5.74) is 0.468. The van der Waals surface area contributed by atoms with E-state index >= 15 is 0 Å². The van der Waals surface area contributed by atoms with E-state index in [-0.39, 0.29) is 17.9 Å². The molecule has 0 aliphatic carbocycles. The fourth-order valence-corrected chi connectivity index (χ4v) is 3.04. The van der Waals surface area contributed by atoms with Gasteiger partial charge in [-0.25, -0.2) is 9.99 Å². The number of hydrogen-bond donors (Lipinski definition) is 0. The van der Waals surface area contributed by atoms with E-state index in [0.717, 1.165) is 12.4 Å². The average Bonchev–Trinajstić information content (AvgIpc) is 2.96. The molecule has 1 aromatic rings. The van der Waals surface area contributed by atoms with Crippen molar-refractivity contribution in [2.45, 2.75) is 18.9 Å². The zero-order valence-electron chi connectivity index (χ0n) is 13.8. The van der Waals surface area contributed by atoms with Crippen LogP contribution in [0.25, 0.3) is 0 Å². The Bertz CT molecular complexity index is 652.